The molecule has 3 aromatic carbocycles. The van der Waals surface area contributed by atoms with Gasteiger partial charge >= 0.3 is 0 Å². The first-order valence-electron chi connectivity index (χ1n) is 11.6. The summed E-state index contributed by atoms with van der Waals surface area (Å²) in [5, 5.41) is 14.3. The van der Waals surface area contributed by atoms with Crippen LogP contribution in [0.25, 0.3) is 10.9 Å². The number of hydrogen-bond acceptors (Lipinski definition) is 6. The van der Waals surface area contributed by atoms with E-state index < -0.39 is 0 Å². The third-order valence-electron chi connectivity index (χ3n) is 5.46. The molecule has 4 rings (SSSR count). The average molecular weight is 545 g/mol. The van der Waals surface area contributed by atoms with Gasteiger partial charge in [-0.1, -0.05) is 48.0 Å². The Kier molecular flexibility index (Phi) is 7.81. The second-order valence-electron chi connectivity index (χ2n) is 8.34. The number of aromatic nitrogens is 2. The highest BCUT2D eigenvalue weighted by molar-refractivity contribution is 9.10. The number of nitrogens with zero attached hydrogens (tertiary/aromatic N) is 4. The summed E-state index contributed by atoms with van der Waals surface area (Å²) in [5.74, 6) is 1.67. The number of hydrogen-bond donors (Lipinski definition) is 0. The molecule has 0 aliphatic heterocycles. The van der Waals surface area contributed by atoms with E-state index in [1.54, 1.807) is 24.4 Å². The quantitative estimate of drug-likeness (QED) is 0.253. The summed E-state index contributed by atoms with van der Waals surface area (Å²) in [7, 11) is 0. The van der Waals surface area contributed by atoms with Crippen molar-refractivity contribution in [2.75, 3.05) is 6.61 Å². The fraction of sp³-hybridized carbons (Fsp3) is 0.214. The molecule has 0 aliphatic carbocycles. The van der Waals surface area contributed by atoms with Gasteiger partial charge < -0.3 is 9.47 Å². The molecule has 8 heteroatoms. The van der Waals surface area contributed by atoms with Crippen LogP contribution in [-0.4, -0.2) is 22.5 Å². The normalized spacial score (nSPS) is 11.2. The zero-order valence-corrected chi connectivity index (χ0v) is 21.8. The van der Waals surface area contributed by atoms with Crippen LogP contribution in [0, 0.1) is 11.3 Å². The van der Waals surface area contributed by atoms with Crippen LogP contribution in [0.5, 0.6) is 11.5 Å². The van der Waals surface area contributed by atoms with E-state index in [9.17, 15) is 10.1 Å². The van der Waals surface area contributed by atoms with Gasteiger partial charge in [0, 0.05) is 16.0 Å². The summed E-state index contributed by atoms with van der Waals surface area (Å²) in [6.07, 6.45) is 1.61. The molecule has 0 bridgehead atoms. The van der Waals surface area contributed by atoms with Crippen molar-refractivity contribution in [3.63, 3.8) is 0 Å². The minimum Gasteiger partial charge on any atom is -0.490 e. The Balaban J connectivity index is 1.66. The molecule has 0 saturated heterocycles. The maximum atomic E-state index is 13.2. The van der Waals surface area contributed by atoms with Gasteiger partial charge in [0.2, 0.25) is 0 Å². The van der Waals surface area contributed by atoms with E-state index in [1.165, 1.54) is 4.68 Å². The van der Waals surface area contributed by atoms with E-state index in [1.807, 2.05) is 63.2 Å². The molecule has 7 nitrogen and oxygen atoms in total. The van der Waals surface area contributed by atoms with Crippen LogP contribution in [-0.2, 0) is 6.61 Å². The van der Waals surface area contributed by atoms with Crippen molar-refractivity contribution in [1.29, 1.82) is 5.26 Å². The SMILES string of the molecule is CCOc1cc(C=Nn2c(C(C)C)nc3ccc(Br)cc3c2=O)ccc1OCc1ccccc1C#N. The van der Waals surface area contributed by atoms with Crippen molar-refractivity contribution in [3.05, 3.63) is 98.0 Å². The lowest BCUT2D eigenvalue weighted by molar-refractivity contribution is 0.269. The fourth-order valence-electron chi connectivity index (χ4n) is 3.68. The molecule has 0 amide bonds. The maximum Gasteiger partial charge on any atom is 0.282 e. The molecule has 0 unspecified atom stereocenters. The second-order valence-corrected chi connectivity index (χ2v) is 9.26. The topological polar surface area (TPSA) is 89.5 Å². The Hall–Kier alpha value is -3.96. The van der Waals surface area contributed by atoms with Gasteiger partial charge in [0.25, 0.3) is 5.56 Å². The minimum absolute atomic E-state index is 0.00560. The molecular weight excluding hydrogens is 520 g/mol. The third kappa shape index (κ3) is 5.47. The molecule has 36 heavy (non-hydrogen) atoms. The Labute approximate surface area is 217 Å². The van der Waals surface area contributed by atoms with Gasteiger partial charge in [-0.2, -0.15) is 15.0 Å². The first-order chi connectivity index (χ1) is 17.4. The van der Waals surface area contributed by atoms with E-state index in [0.29, 0.717) is 40.4 Å². The molecule has 1 heterocycles. The fourth-order valence-corrected chi connectivity index (χ4v) is 4.04. The average Bonchev–Trinajstić information content (AvgIpc) is 2.88. The summed E-state index contributed by atoms with van der Waals surface area (Å²) in [6.45, 7) is 6.53. The maximum absolute atomic E-state index is 13.2. The molecule has 0 atom stereocenters. The second kappa shape index (κ2) is 11.2. The van der Waals surface area contributed by atoms with Gasteiger partial charge in [-0.25, -0.2) is 4.98 Å². The monoisotopic (exact) mass is 544 g/mol. The van der Waals surface area contributed by atoms with Crippen LogP contribution in [0.15, 0.2) is 75.0 Å². The van der Waals surface area contributed by atoms with Crippen LogP contribution in [0.1, 0.15) is 49.2 Å². The zero-order valence-electron chi connectivity index (χ0n) is 20.2. The number of benzene rings is 3. The van der Waals surface area contributed by atoms with Crippen LogP contribution in [0.2, 0.25) is 0 Å². The number of ether oxygens (including phenoxy) is 2. The zero-order chi connectivity index (χ0) is 25.7. The van der Waals surface area contributed by atoms with E-state index >= 15 is 0 Å². The molecule has 0 aliphatic rings. The Morgan fingerprint density at radius 2 is 1.92 bits per heavy atom. The lowest BCUT2D eigenvalue weighted by atomic mass is 10.1. The molecule has 0 N–H and O–H groups in total. The largest absolute Gasteiger partial charge is 0.490 e. The summed E-state index contributed by atoms with van der Waals surface area (Å²) in [4.78, 5) is 17.9. The smallest absolute Gasteiger partial charge is 0.282 e. The van der Waals surface area contributed by atoms with Crippen molar-refractivity contribution in [1.82, 2.24) is 9.66 Å². The van der Waals surface area contributed by atoms with Crippen LogP contribution in [0.4, 0.5) is 0 Å². The van der Waals surface area contributed by atoms with E-state index in [4.69, 9.17) is 9.47 Å². The summed E-state index contributed by atoms with van der Waals surface area (Å²) >= 11 is 3.42. The molecule has 0 saturated carbocycles. The van der Waals surface area contributed by atoms with Crippen LogP contribution in [0.3, 0.4) is 0 Å². The molecule has 4 aromatic rings. The van der Waals surface area contributed by atoms with E-state index in [-0.39, 0.29) is 18.1 Å². The number of nitriles is 1. The summed E-state index contributed by atoms with van der Waals surface area (Å²) in [5.41, 5.74) is 2.50. The summed E-state index contributed by atoms with van der Waals surface area (Å²) < 4.78 is 13.9. The van der Waals surface area contributed by atoms with Gasteiger partial charge in [-0.3, -0.25) is 4.79 Å². The Bertz CT molecular complexity index is 1540. The standard InChI is InChI=1S/C28H25BrN4O3/c1-4-35-26-13-19(9-12-25(26)36-17-21-8-6-5-7-20(21)15-30)16-31-33-27(18(2)3)32-24-11-10-22(29)14-23(24)28(33)34/h5-14,16,18H,4,17H2,1-3H3. The highest BCUT2D eigenvalue weighted by Crippen LogP contribution is 2.29. The van der Waals surface area contributed by atoms with E-state index in [0.717, 1.165) is 15.6 Å². The third-order valence-corrected chi connectivity index (χ3v) is 5.95. The van der Waals surface area contributed by atoms with Crippen molar-refractivity contribution in [2.24, 2.45) is 5.10 Å². The van der Waals surface area contributed by atoms with Crippen molar-refractivity contribution in [3.8, 4) is 17.6 Å². The highest BCUT2D eigenvalue weighted by Gasteiger charge is 2.14. The van der Waals surface area contributed by atoms with Gasteiger partial charge in [-0.05, 0) is 55.0 Å². The van der Waals surface area contributed by atoms with Gasteiger partial charge in [0.1, 0.15) is 12.4 Å². The highest BCUT2D eigenvalue weighted by atomic mass is 79.9. The van der Waals surface area contributed by atoms with Crippen molar-refractivity contribution < 1.29 is 9.47 Å². The van der Waals surface area contributed by atoms with Crippen LogP contribution < -0.4 is 15.0 Å². The molecule has 1 aromatic heterocycles. The molecule has 0 spiro atoms. The number of fused-ring (bicyclic) bond motifs is 1. The predicted molar refractivity (Wildman–Crippen MR) is 144 cm³/mol. The van der Waals surface area contributed by atoms with E-state index in [2.05, 4.69) is 32.1 Å². The van der Waals surface area contributed by atoms with Crippen molar-refractivity contribution >= 4 is 33.0 Å². The molecule has 182 valence electrons. The lowest BCUT2D eigenvalue weighted by Crippen LogP contribution is -2.23. The first kappa shape index (κ1) is 25.1. The number of rotatable bonds is 8. The summed E-state index contributed by atoms with van der Waals surface area (Å²) in [6, 6.07) is 20.4. The van der Waals surface area contributed by atoms with Gasteiger partial charge in [0.05, 0.1) is 35.4 Å². The minimum atomic E-state index is -0.234. The van der Waals surface area contributed by atoms with Gasteiger partial charge in [0.15, 0.2) is 11.5 Å². The van der Waals surface area contributed by atoms with Gasteiger partial charge in [-0.15, -0.1) is 0 Å². The molecular formula is C28H25BrN4O3. The molecule has 0 radical (unpaired) electrons. The Morgan fingerprint density at radius 1 is 1.11 bits per heavy atom. The first-order valence-corrected chi connectivity index (χ1v) is 12.3. The predicted octanol–water partition coefficient (Wildman–Crippen LogP) is 6.01. The molecule has 0 fully saturated rings. The van der Waals surface area contributed by atoms with Crippen molar-refractivity contribution in [2.45, 2.75) is 33.3 Å². The Morgan fingerprint density at radius 3 is 2.67 bits per heavy atom. The lowest BCUT2D eigenvalue weighted by Gasteiger charge is -2.14. The van der Waals surface area contributed by atoms with Crippen LogP contribution >= 0.6 is 15.9 Å². The number of halogens is 1.